The van der Waals surface area contributed by atoms with Crippen LogP contribution in [0, 0.1) is 17.8 Å². The number of benzene rings is 1. The summed E-state index contributed by atoms with van der Waals surface area (Å²) in [5, 5.41) is 0.784. The minimum atomic E-state index is -0.487. The first-order valence-corrected chi connectivity index (χ1v) is 13.6. The first-order chi connectivity index (χ1) is 16.4. The predicted octanol–water partition coefficient (Wildman–Crippen LogP) is 6.58. The third-order valence-corrected chi connectivity index (χ3v) is 8.04. The zero-order valence-electron chi connectivity index (χ0n) is 22.2. The van der Waals surface area contributed by atoms with Crippen LogP contribution in [0.25, 0.3) is 5.57 Å². The molecule has 0 spiro atoms. The zero-order valence-corrected chi connectivity index (χ0v) is 23.0. The van der Waals surface area contributed by atoms with E-state index in [0.29, 0.717) is 24.3 Å². The van der Waals surface area contributed by atoms with Crippen LogP contribution in [0.2, 0.25) is 5.02 Å². The summed E-state index contributed by atoms with van der Waals surface area (Å²) in [4.78, 5) is 30.0. The Labute approximate surface area is 215 Å². The predicted molar refractivity (Wildman–Crippen MR) is 141 cm³/mol. The number of carbonyl (C=O) groups excluding carboxylic acids is 2. The van der Waals surface area contributed by atoms with Gasteiger partial charge in [0, 0.05) is 31.1 Å². The lowest BCUT2D eigenvalue weighted by atomic mass is 9.79. The molecule has 1 saturated carbocycles. The van der Waals surface area contributed by atoms with E-state index in [1.807, 2.05) is 33.9 Å². The summed E-state index contributed by atoms with van der Waals surface area (Å²) in [5.41, 5.74) is 5.01. The average Bonchev–Trinajstić information content (AvgIpc) is 3.14. The molecule has 4 rings (SSSR count). The van der Waals surface area contributed by atoms with Crippen LogP contribution in [0.3, 0.4) is 0 Å². The molecule has 35 heavy (non-hydrogen) atoms. The number of fused-ring (bicyclic) bond motifs is 2. The Kier molecular flexibility index (Phi) is 7.57. The van der Waals surface area contributed by atoms with Gasteiger partial charge in [-0.2, -0.15) is 0 Å². The van der Waals surface area contributed by atoms with Crippen LogP contribution in [0.1, 0.15) is 77.8 Å². The second-order valence-electron chi connectivity index (χ2n) is 12.0. The Morgan fingerprint density at radius 2 is 1.86 bits per heavy atom. The summed E-state index contributed by atoms with van der Waals surface area (Å²) in [6, 6.07) is 6.39. The minimum absolute atomic E-state index is 0.0831. The molecule has 0 N–H and O–H groups in total. The quantitative estimate of drug-likeness (QED) is 0.469. The van der Waals surface area contributed by atoms with Crippen LogP contribution >= 0.6 is 11.6 Å². The average molecular weight is 501 g/mol. The SMILES string of the molecule is CC(C)C1C2=C(CCN1C(=O)C1CCC(CN(C)C(=O)OC(C)(C)C)CC1)c1ccc(Cl)cc1C2. The van der Waals surface area contributed by atoms with Crippen molar-refractivity contribution in [1.82, 2.24) is 9.80 Å². The lowest BCUT2D eigenvalue weighted by Gasteiger charge is -2.42. The van der Waals surface area contributed by atoms with Gasteiger partial charge in [-0.3, -0.25) is 4.79 Å². The molecule has 1 aliphatic heterocycles. The fourth-order valence-corrected chi connectivity index (χ4v) is 6.46. The van der Waals surface area contributed by atoms with E-state index in [0.717, 1.165) is 50.1 Å². The van der Waals surface area contributed by atoms with Gasteiger partial charge in [-0.05, 0) is 106 Å². The van der Waals surface area contributed by atoms with Crippen LogP contribution in [-0.4, -0.2) is 53.6 Å². The van der Waals surface area contributed by atoms with Crippen molar-refractivity contribution in [2.75, 3.05) is 20.1 Å². The summed E-state index contributed by atoms with van der Waals surface area (Å²) in [6.45, 7) is 11.6. The van der Waals surface area contributed by atoms with Gasteiger partial charge >= 0.3 is 6.09 Å². The first kappa shape index (κ1) is 26.1. The molecule has 1 atom stereocenters. The van der Waals surface area contributed by atoms with Crippen LogP contribution in [0.5, 0.6) is 0 Å². The van der Waals surface area contributed by atoms with Gasteiger partial charge in [0.05, 0.1) is 6.04 Å². The van der Waals surface area contributed by atoms with E-state index in [1.165, 1.54) is 22.3 Å². The highest BCUT2D eigenvalue weighted by molar-refractivity contribution is 6.30. The van der Waals surface area contributed by atoms with Crippen LogP contribution in [0.4, 0.5) is 4.79 Å². The normalized spacial score (nSPS) is 24.3. The van der Waals surface area contributed by atoms with Crippen molar-refractivity contribution in [3.05, 3.63) is 39.9 Å². The van der Waals surface area contributed by atoms with Crippen molar-refractivity contribution in [2.24, 2.45) is 17.8 Å². The molecule has 6 heteroatoms. The van der Waals surface area contributed by atoms with Crippen molar-refractivity contribution < 1.29 is 14.3 Å². The monoisotopic (exact) mass is 500 g/mol. The second kappa shape index (κ2) is 10.2. The number of ether oxygens (including phenoxy) is 1. The van der Waals surface area contributed by atoms with Crippen molar-refractivity contribution in [3.63, 3.8) is 0 Å². The van der Waals surface area contributed by atoms with Gasteiger partial charge in [0.2, 0.25) is 5.91 Å². The van der Waals surface area contributed by atoms with Crippen molar-refractivity contribution in [2.45, 2.75) is 84.8 Å². The van der Waals surface area contributed by atoms with E-state index in [-0.39, 0.29) is 18.1 Å². The van der Waals surface area contributed by atoms with E-state index >= 15 is 0 Å². The molecule has 1 unspecified atom stereocenters. The number of halogens is 1. The van der Waals surface area contributed by atoms with Gasteiger partial charge in [0.1, 0.15) is 5.60 Å². The number of hydrogen-bond acceptors (Lipinski definition) is 3. The van der Waals surface area contributed by atoms with Crippen molar-refractivity contribution in [1.29, 1.82) is 0 Å². The maximum atomic E-state index is 13.8. The summed E-state index contributed by atoms with van der Waals surface area (Å²) in [7, 11) is 1.81. The van der Waals surface area contributed by atoms with Crippen LogP contribution < -0.4 is 0 Å². The Morgan fingerprint density at radius 1 is 1.17 bits per heavy atom. The number of nitrogens with zero attached hydrogens (tertiary/aromatic N) is 2. The topological polar surface area (TPSA) is 49.9 Å². The van der Waals surface area contributed by atoms with Crippen molar-refractivity contribution in [3.8, 4) is 0 Å². The van der Waals surface area contributed by atoms with Gasteiger partial charge in [-0.25, -0.2) is 4.79 Å². The highest BCUT2D eigenvalue weighted by Gasteiger charge is 2.41. The van der Waals surface area contributed by atoms with E-state index in [4.69, 9.17) is 16.3 Å². The molecule has 2 aliphatic carbocycles. The molecular formula is C29H41ClN2O3. The standard InChI is InChI=1S/C29H41ClN2O3/c1-18(2)26-25-16-21-15-22(30)11-12-23(21)24(25)13-14-32(26)27(33)20-9-7-19(8-10-20)17-31(6)28(34)35-29(3,4)5/h11-12,15,18-20,26H,7-10,13-14,16-17H2,1-6H3. The maximum absolute atomic E-state index is 13.8. The molecule has 1 fully saturated rings. The molecule has 0 bridgehead atoms. The lowest BCUT2D eigenvalue weighted by Crippen LogP contribution is -2.50. The minimum Gasteiger partial charge on any atom is -0.444 e. The molecule has 3 aliphatic rings. The van der Waals surface area contributed by atoms with Crippen LogP contribution in [0.15, 0.2) is 23.8 Å². The van der Waals surface area contributed by atoms with Crippen LogP contribution in [-0.2, 0) is 16.0 Å². The lowest BCUT2D eigenvalue weighted by molar-refractivity contribution is -0.139. The zero-order chi connectivity index (χ0) is 25.5. The molecule has 5 nitrogen and oxygen atoms in total. The number of rotatable bonds is 4. The van der Waals surface area contributed by atoms with E-state index in [9.17, 15) is 9.59 Å². The van der Waals surface area contributed by atoms with E-state index in [1.54, 1.807) is 4.90 Å². The first-order valence-electron chi connectivity index (χ1n) is 13.2. The molecule has 192 valence electrons. The number of amides is 2. The molecule has 2 amide bonds. The van der Waals surface area contributed by atoms with E-state index < -0.39 is 5.60 Å². The van der Waals surface area contributed by atoms with Gasteiger partial charge in [0.25, 0.3) is 0 Å². The molecular weight excluding hydrogens is 460 g/mol. The highest BCUT2D eigenvalue weighted by Crippen LogP contribution is 2.44. The second-order valence-corrected chi connectivity index (χ2v) is 12.5. The Hall–Kier alpha value is -2.01. The third kappa shape index (κ3) is 5.71. The molecule has 0 radical (unpaired) electrons. The largest absolute Gasteiger partial charge is 0.444 e. The summed E-state index contributed by atoms with van der Waals surface area (Å²) >= 11 is 6.28. The van der Waals surface area contributed by atoms with Gasteiger partial charge < -0.3 is 14.5 Å². The smallest absolute Gasteiger partial charge is 0.410 e. The molecule has 1 heterocycles. The maximum Gasteiger partial charge on any atom is 0.410 e. The molecule has 1 aromatic carbocycles. The Balaban J connectivity index is 1.38. The van der Waals surface area contributed by atoms with Gasteiger partial charge in [0.15, 0.2) is 0 Å². The Bertz CT molecular complexity index is 1000. The fraction of sp³-hybridized carbons (Fsp3) is 0.655. The molecule has 0 aromatic heterocycles. The highest BCUT2D eigenvalue weighted by atomic mass is 35.5. The van der Waals surface area contributed by atoms with Gasteiger partial charge in [-0.1, -0.05) is 31.5 Å². The van der Waals surface area contributed by atoms with E-state index in [2.05, 4.69) is 30.9 Å². The molecule has 1 aromatic rings. The third-order valence-electron chi connectivity index (χ3n) is 7.80. The summed E-state index contributed by atoms with van der Waals surface area (Å²) in [5.74, 6) is 1.19. The van der Waals surface area contributed by atoms with Crippen molar-refractivity contribution >= 4 is 29.2 Å². The number of hydrogen-bond donors (Lipinski definition) is 0. The van der Waals surface area contributed by atoms with Gasteiger partial charge in [-0.15, -0.1) is 0 Å². The fourth-order valence-electron chi connectivity index (χ4n) is 6.26. The number of carbonyl (C=O) groups is 2. The summed E-state index contributed by atoms with van der Waals surface area (Å²) < 4.78 is 5.49. The molecule has 0 saturated heterocycles. The Morgan fingerprint density at radius 3 is 2.49 bits per heavy atom. The summed E-state index contributed by atoms with van der Waals surface area (Å²) in [6.07, 6.45) is 5.30.